The number of halogens is 1. The predicted molar refractivity (Wildman–Crippen MR) is 75.4 cm³/mol. The van der Waals surface area contributed by atoms with Gasteiger partial charge < -0.3 is 10.4 Å². The second-order valence-corrected chi connectivity index (χ2v) is 4.47. The summed E-state index contributed by atoms with van der Waals surface area (Å²) in [7, 11) is 0. The Balaban J connectivity index is 2.41. The van der Waals surface area contributed by atoms with E-state index >= 15 is 0 Å². The Labute approximate surface area is 120 Å². The second kappa shape index (κ2) is 5.59. The van der Waals surface area contributed by atoms with Gasteiger partial charge in [0.25, 0.3) is 0 Å². The largest absolute Gasteiger partial charge is 0.476 e. The first-order valence-corrected chi connectivity index (χ1v) is 6.07. The Bertz CT molecular complexity index is 723. The first-order valence-electron chi connectivity index (χ1n) is 5.69. The third kappa shape index (κ3) is 2.71. The number of anilines is 2. The first-order chi connectivity index (χ1) is 9.52. The lowest BCUT2D eigenvalue weighted by Gasteiger charge is -2.10. The average molecular weight is 288 g/mol. The minimum absolute atomic E-state index is 0.0628. The summed E-state index contributed by atoms with van der Waals surface area (Å²) in [6, 6.07) is 10.4. The van der Waals surface area contributed by atoms with Crippen molar-refractivity contribution >= 4 is 29.1 Å². The van der Waals surface area contributed by atoms with Crippen molar-refractivity contribution in [3.8, 4) is 6.07 Å². The number of benzene rings is 1. The molecular weight excluding hydrogens is 278 g/mol. The molecule has 1 heterocycles. The number of aromatic carboxylic acids is 1. The van der Waals surface area contributed by atoms with Crippen molar-refractivity contribution in [1.82, 2.24) is 4.98 Å². The van der Waals surface area contributed by atoms with Crippen LogP contribution in [0, 0.1) is 18.3 Å². The highest BCUT2D eigenvalue weighted by molar-refractivity contribution is 6.33. The number of carboxylic acid groups (broad SMARTS) is 1. The molecule has 1 aromatic heterocycles. The van der Waals surface area contributed by atoms with Gasteiger partial charge in [-0.05, 0) is 30.7 Å². The van der Waals surface area contributed by atoms with Crippen LogP contribution in [0.1, 0.15) is 21.6 Å². The van der Waals surface area contributed by atoms with E-state index < -0.39 is 5.97 Å². The van der Waals surface area contributed by atoms with E-state index in [0.29, 0.717) is 17.1 Å². The molecule has 0 fully saturated rings. The van der Waals surface area contributed by atoms with E-state index in [9.17, 15) is 4.79 Å². The zero-order valence-corrected chi connectivity index (χ0v) is 11.3. The Morgan fingerprint density at radius 1 is 1.40 bits per heavy atom. The van der Waals surface area contributed by atoms with Gasteiger partial charge in [-0.15, -0.1) is 0 Å². The van der Waals surface area contributed by atoms with Gasteiger partial charge >= 0.3 is 5.97 Å². The van der Waals surface area contributed by atoms with E-state index in [1.807, 2.05) is 13.0 Å². The molecule has 0 bridgehead atoms. The van der Waals surface area contributed by atoms with Gasteiger partial charge in [-0.3, -0.25) is 0 Å². The summed E-state index contributed by atoms with van der Waals surface area (Å²) in [6.45, 7) is 1.82. The number of aromatic nitrogens is 1. The molecule has 0 saturated heterocycles. The highest BCUT2D eigenvalue weighted by Gasteiger charge is 2.12. The quantitative estimate of drug-likeness (QED) is 0.904. The van der Waals surface area contributed by atoms with Crippen LogP contribution in [0.5, 0.6) is 0 Å². The summed E-state index contributed by atoms with van der Waals surface area (Å²) < 4.78 is 0. The van der Waals surface area contributed by atoms with Gasteiger partial charge in [-0.2, -0.15) is 5.26 Å². The molecule has 0 saturated carbocycles. The third-order valence-electron chi connectivity index (χ3n) is 2.70. The lowest BCUT2D eigenvalue weighted by Crippen LogP contribution is -2.04. The zero-order chi connectivity index (χ0) is 14.7. The smallest absolute Gasteiger partial charge is 0.356 e. The molecule has 2 rings (SSSR count). The summed E-state index contributed by atoms with van der Waals surface area (Å²) in [5.41, 5.74) is 1.65. The van der Waals surface area contributed by atoms with E-state index in [4.69, 9.17) is 22.0 Å². The monoisotopic (exact) mass is 287 g/mol. The molecule has 0 unspecified atom stereocenters. The number of rotatable bonds is 3. The Morgan fingerprint density at radius 2 is 2.15 bits per heavy atom. The summed E-state index contributed by atoms with van der Waals surface area (Å²) in [4.78, 5) is 14.9. The van der Waals surface area contributed by atoms with Crippen LogP contribution in [0.2, 0.25) is 5.02 Å². The fourth-order valence-corrected chi connectivity index (χ4v) is 1.91. The van der Waals surface area contributed by atoms with Crippen molar-refractivity contribution in [2.24, 2.45) is 0 Å². The lowest BCUT2D eigenvalue weighted by molar-refractivity contribution is 0.0691. The standard InChI is InChI=1S/C14H10ClN3O2/c1-8-3-2-4-11(9(8)7-16)17-12-6-5-10(15)13(18-12)14(19)20/h2-6H,1H3,(H,17,18)(H,19,20). The molecule has 2 aromatic rings. The number of pyridine rings is 1. The molecule has 0 aliphatic heterocycles. The van der Waals surface area contributed by atoms with E-state index in [0.717, 1.165) is 5.56 Å². The van der Waals surface area contributed by atoms with E-state index in [-0.39, 0.29) is 10.7 Å². The fraction of sp³-hybridized carbons (Fsp3) is 0.0714. The molecule has 5 nitrogen and oxygen atoms in total. The molecule has 20 heavy (non-hydrogen) atoms. The molecule has 6 heteroatoms. The van der Waals surface area contributed by atoms with E-state index in [2.05, 4.69) is 16.4 Å². The van der Waals surface area contributed by atoms with Crippen molar-refractivity contribution in [3.63, 3.8) is 0 Å². The molecular formula is C14H10ClN3O2. The number of aryl methyl sites for hydroxylation is 1. The van der Waals surface area contributed by atoms with Crippen LogP contribution in [-0.2, 0) is 0 Å². The number of carboxylic acids is 1. The zero-order valence-electron chi connectivity index (χ0n) is 10.5. The number of hydrogen-bond acceptors (Lipinski definition) is 4. The maximum Gasteiger partial charge on any atom is 0.356 e. The van der Waals surface area contributed by atoms with Crippen LogP contribution < -0.4 is 5.32 Å². The van der Waals surface area contributed by atoms with Crippen LogP contribution in [0.4, 0.5) is 11.5 Å². The number of hydrogen-bond donors (Lipinski definition) is 2. The number of nitriles is 1. The van der Waals surface area contributed by atoms with Crippen LogP contribution >= 0.6 is 11.6 Å². The minimum Gasteiger partial charge on any atom is -0.476 e. The summed E-state index contributed by atoms with van der Waals surface area (Å²) in [5, 5.41) is 21.1. The maximum absolute atomic E-state index is 11.0. The number of carbonyl (C=O) groups is 1. The van der Waals surface area contributed by atoms with Crippen molar-refractivity contribution < 1.29 is 9.90 Å². The van der Waals surface area contributed by atoms with Gasteiger partial charge in [-0.1, -0.05) is 23.7 Å². The van der Waals surface area contributed by atoms with Crippen LogP contribution in [0.15, 0.2) is 30.3 Å². The molecule has 0 aliphatic carbocycles. The topological polar surface area (TPSA) is 86.0 Å². The van der Waals surface area contributed by atoms with Crippen molar-refractivity contribution in [2.45, 2.75) is 6.92 Å². The Morgan fingerprint density at radius 3 is 2.80 bits per heavy atom. The van der Waals surface area contributed by atoms with Crippen molar-refractivity contribution in [2.75, 3.05) is 5.32 Å². The van der Waals surface area contributed by atoms with E-state index in [1.165, 1.54) is 6.07 Å². The van der Waals surface area contributed by atoms with Gasteiger partial charge in [0, 0.05) is 0 Å². The van der Waals surface area contributed by atoms with Gasteiger partial charge in [0.15, 0.2) is 5.69 Å². The molecule has 0 atom stereocenters. The number of nitrogens with one attached hydrogen (secondary N) is 1. The highest BCUT2D eigenvalue weighted by Crippen LogP contribution is 2.24. The second-order valence-electron chi connectivity index (χ2n) is 4.07. The van der Waals surface area contributed by atoms with Gasteiger partial charge in [-0.25, -0.2) is 9.78 Å². The SMILES string of the molecule is Cc1cccc(Nc2ccc(Cl)c(C(=O)O)n2)c1C#N. The third-order valence-corrected chi connectivity index (χ3v) is 3.00. The molecule has 100 valence electrons. The predicted octanol–water partition coefficient (Wildman–Crippen LogP) is 3.36. The highest BCUT2D eigenvalue weighted by atomic mass is 35.5. The first kappa shape index (κ1) is 13.8. The molecule has 0 radical (unpaired) electrons. The van der Waals surface area contributed by atoms with Crippen LogP contribution in [-0.4, -0.2) is 16.1 Å². The van der Waals surface area contributed by atoms with Crippen molar-refractivity contribution in [1.29, 1.82) is 5.26 Å². The fourth-order valence-electron chi connectivity index (χ4n) is 1.72. The van der Waals surface area contributed by atoms with Gasteiger partial charge in [0.1, 0.15) is 11.9 Å². The van der Waals surface area contributed by atoms with Crippen LogP contribution in [0.3, 0.4) is 0 Å². The molecule has 2 N–H and O–H groups in total. The number of nitrogens with zero attached hydrogens (tertiary/aromatic N) is 2. The molecule has 0 aliphatic rings. The molecule has 0 spiro atoms. The average Bonchev–Trinajstić information content (AvgIpc) is 2.41. The Hall–Kier alpha value is -2.58. The molecule has 0 amide bonds. The van der Waals surface area contributed by atoms with E-state index in [1.54, 1.807) is 18.2 Å². The van der Waals surface area contributed by atoms with Gasteiger partial charge in [0.2, 0.25) is 0 Å². The molecule has 1 aromatic carbocycles. The Kier molecular flexibility index (Phi) is 3.87. The minimum atomic E-state index is -1.21. The summed E-state index contributed by atoms with van der Waals surface area (Å²) in [6.07, 6.45) is 0. The summed E-state index contributed by atoms with van der Waals surface area (Å²) in [5.74, 6) is -0.891. The van der Waals surface area contributed by atoms with Crippen molar-refractivity contribution in [3.05, 3.63) is 52.2 Å². The van der Waals surface area contributed by atoms with Crippen LogP contribution in [0.25, 0.3) is 0 Å². The van der Waals surface area contributed by atoms with Gasteiger partial charge in [0.05, 0.1) is 16.3 Å². The lowest BCUT2D eigenvalue weighted by atomic mass is 10.1. The normalized spacial score (nSPS) is 9.85. The summed E-state index contributed by atoms with van der Waals surface area (Å²) >= 11 is 5.75. The maximum atomic E-state index is 11.0.